The van der Waals surface area contributed by atoms with Crippen molar-refractivity contribution in [2.75, 3.05) is 13.2 Å². The molecule has 2 atom stereocenters. The fraction of sp³-hybridized carbons (Fsp3) is 0.917. The molecule has 0 aromatic heterocycles. The first-order chi connectivity index (χ1) is 20.4. The number of ether oxygens (including phenoxy) is 3. The van der Waals surface area contributed by atoms with Crippen LogP contribution in [0.3, 0.4) is 0 Å². The fourth-order valence-electron chi connectivity index (χ4n) is 5.00. The summed E-state index contributed by atoms with van der Waals surface area (Å²) in [6.07, 6.45) is 25.4. The monoisotopic (exact) mass is 597 g/mol. The maximum atomic E-state index is 12.5. The largest absolute Gasteiger partial charge is 0.462 e. The van der Waals surface area contributed by atoms with Gasteiger partial charge in [-0.2, -0.15) is 0 Å². The highest BCUT2D eigenvalue weighted by atomic mass is 16.6. The van der Waals surface area contributed by atoms with Crippen LogP contribution in [0.2, 0.25) is 0 Å². The van der Waals surface area contributed by atoms with Gasteiger partial charge in [-0.1, -0.05) is 150 Å². The molecule has 0 aliphatic heterocycles. The van der Waals surface area contributed by atoms with Crippen LogP contribution in [-0.2, 0) is 28.6 Å². The van der Waals surface area contributed by atoms with E-state index < -0.39 is 6.10 Å². The molecule has 0 saturated heterocycles. The SMILES string of the molecule is CCCCCCCCCC(=O)OC[C@@H](COC(=O)CCCCCCCCC(C)CC)OC(=O)CCCCCCCCC. The number of rotatable bonds is 31. The van der Waals surface area contributed by atoms with Crippen LogP contribution >= 0.6 is 0 Å². The molecule has 0 bridgehead atoms. The summed E-state index contributed by atoms with van der Waals surface area (Å²) in [5.74, 6) is -0.0701. The van der Waals surface area contributed by atoms with E-state index in [1.165, 1.54) is 83.5 Å². The zero-order valence-corrected chi connectivity index (χ0v) is 28.2. The number of hydrogen-bond acceptors (Lipinski definition) is 6. The van der Waals surface area contributed by atoms with E-state index in [2.05, 4.69) is 27.7 Å². The zero-order valence-electron chi connectivity index (χ0n) is 28.2. The van der Waals surface area contributed by atoms with Crippen LogP contribution in [0.15, 0.2) is 0 Å². The summed E-state index contributed by atoms with van der Waals surface area (Å²) in [6.45, 7) is 8.83. The van der Waals surface area contributed by atoms with E-state index >= 15 is 0 Å². The normalized spacial score (nSPS) is 12.6. The lowest BCUT2D eigenvalue weighted by Gasteiger charge is -2.18. The van der Waals surface area contributed by atoms with E-state index in [4.69, 9.17) is 14.2 Å². The molecule has 0 amide bonds. The van der Waals surface area contributed by atoms with Gasteiger partial charge in [0.25, 0.3) is 0 Å². The van der Waals surface area contributed by atoms with Gasteiger partial charge in [-0.05, 0) is 25.2 Å². The van der Waals surface area contributed by atoms with Crippen LogP contribution in [0.4, 0.5) is 0 Å². The molecule has 0 aromatic carbocycles. The van der Waals surface area contributed by atoms with Crippen molar-refractivity contribution in [1.29, 1.82) is 0 Å². The summed E-state index contributed by atoms with van der Waals surface area (Å²) in [5.41, 5.74) is 0. The summed E-state index contributed by atoms with van der Waals surface area (Å²) in [6, 6.07) is 0. The average Bonchev–Trinajstić information content (AvgIpc) is 2.98. The number of unbranched alkanes of at least 4 members (excludes halogenated alkanes) is 17. The Balaban J connectivity index is 4.35. The highest BCUT2D eigenvalue weighted by Gasteiger charge is 2.19. The summed E-state index contributed by atoms with van der Waals surface area (Å²) in [7, 11) is 0. The lowest BCUT2D eigenvalue weighted by atomic mass is 10.00. The molecule has 42 heavy (non-hydrogen) atoms. The molecule has 0 heterocycles. The molecule has 0 N–H and O–H groups in total. The predicted molar refractivity (Wildman–Crippen MR) is 173 cm³/mol. The van der Waals surface area contributed by atoms with Crippen molar-refractivity contribution in [1.82, 2.24) is 0 Å². The third-order valence-electron chi connectivity index (χ3n) is 8.15. The molecular weight excluding hydrogens is 528 g/mol. The molecule has 0 radical (unpaired) electrons. The highest BCUT2D eigenvalue weighted by Crippen LogP contribution is 2.15. The molecule has 0 aromatic rings. The topological polar surface area (TPSA) is 78.9 Å². The Kier molecular flexibility index (Phi) is 29.7. The number of hydrogen-bond donors (Lipinski definition) is 0. The Morgan fingerprint density at radius 1 is 0.476 bits per heavy atom. The Morgan fingerprint density at radius 3 is 1.24 bits per heavy atom. The third kappa shape index (κ3) is 28.5. The lowest BCUT2D eigenvalue weighted by Crippen LogP contribution is -2.30. The van der Waals surface area contributed by atoms with E-state index in [1.807, 2.05) is 0 Å². The molecule has 248 valence electrons. The summed E-state index contributed by atoms with van der Waals surface area (Å²) < 4.78 is 16.5. The van der Waals surface area contributed by atoms with Gasteiger partial charge in [-0.25, -0.2) is 0 Å². The quantitative estimate of drug-likeness (QED) is 0.0450. The van der Waals surface area contributed by atoms with Crippen LogP contribution in [-0.4, -0.2) is 37.2 Å². The molecular formula is C36H68O6. The van der Waals surface area contributed by atoms with Gasteiger partial charge in [0.15, 0.2) is 6.10 Å². The molecule has 1 unspecified atom stereocenters. The molecule has 0 fully saturated rings. The molecule has 0 spiro atoms. The minimum atomic E-state index is -0.755. The Labute approximate surface area is 259 Å². The average molecular weight is 597 g/mol. The van der Waals surface area contributed by atoms with Gasteiger partial charge in [0.1, 0.15) is 13.2 Å². The Hall–Kier alpha value is -1.59. The first-order valence-corrected chi connectivity index (χ1v) is 17.9. The Morgan fingerprint density at radius 2 is 0.833 bits per heavy atom. The van der Waals surface area contributed by atoms with Crippen molar-refractivity contribution in [3.8, 4) is 0 Å². The lowest BCUT2D eigenvalue weighted by molar-refractivity contribution is -0.167. The molecule has 6 nitrogen and oxygen atoms in total. The van der Waals surface area contributed by atoms with E-state index in [0.29, 0.717) is 19.3 Å². The van der Waals surface area contributed by atoms with Crippen molar-refractivity contribution in [2.45, 2.75) is 194 Å². The van der Waals surface area contributed by atoms with Crippen molar-refractivity contribution in [2.24, 2.45) is 5.92 Å². The Bertz CT molecular complexity index is 634. The predicted octanol–water partition coefficient (Wildman–Crippen LogP) is 10.4. The van der Waals surface area contributed by atoms with E-state index in [1.54, 1.807) is 0 Å². The number of carbonyl (C=O) groups excluding carboxylic acids is 3. The molecule has 0 aliphatic carbocycles. The van der Waals surface area contributed by atoms with Crippen LogP contribution < -0.4 is 0 Å². The van der Waals surface area contributed by atoms with Crippen molar-refractivity contribution in [3.05, 3.63) is 0 Å². The third-order valence-corrected chi connectivity index (χ3v) is 8.15. The zero-order chi connectivity index (χ0) is 31.1. The van der Waals surface area contributed by atoms with Gasteiger partial charge in [-0.3, -0.25) is 14.4 Å². The maximum Gasteiger partial charge on any atom is 0.306 e. The summed E-state index contributed by atoms with van der Waals surface area (Å²) in [4.78, 5) is 37.1. The summed E-state index contributed by atoms with van der Waals surface area (Å²) >= 11 is 0. The van der Waals surface area contributed by atoms with Crippen LogP contribution in [0.1, 0.15) is 188 Å². The van der Waals surface area contributed by atoms with Gasteiger partial charge >= 0.3 is 17.9 Å². The van der Waals surface area contributed by atoms with Crippen molar-refractivity contribution >= 4 is 17.9 Å². The van der Waals surface area contributed by atoms with E-state index in [-0.39, 0.29) is 31.1 Å². The second-order valence-corrected chi connectivity index (χ2v) is 12.4. The molecule has 0 saturated carbocycles. The van der Waals surface area contributed by atoms with Gasteiger partial charge < -0.3 is 14.2 Å². The van der Waals surface area contributed by atoms with E-state index in [0.717, 1.165) is 63.7 Å². The molecule has 6 heteroatoms. The van der Waals surface area contributed by atoms with Gasteiger partial charge in [0.2, 0.25) is 0 Å². The first kappa shape index (κ1) is 40.4. The van der Waals surface area contributed by atoms with Crippen LogP contribution in [0, 0.1) is 5.92 Å². The standard InChI is InChI=1S/C36H68O6/c1-5-8-10-12-14-19-23-27-34(37)40-30-33(42-36(39)29-25-21-15-13-11-9-6-2)31-41-35(38)28-24-20-17-16-18-22-26-32(4)7-3/h32-33H,5-31H2,1-4H3/t32?,33-/m0/s1. The second kappa shape index (κ2) is 30.9. The number of carbonyl (C=O) groups is 3. The minimum absolute atomic E-state index is 0.0674. The number of esters is 3. The van der Waals surface area contributed by atoms with Crippen molar-refractivity contribution < 1.29 is 28.6 Å². The molecule has 0 aliphatic rings. The van der Waals surface area contributed by atoms with Gasteiger partial charge in [0, 0.05) is 19.3 Å². The van der Waals surface area contributed by atoms with Gasteiger partial charge in [0.05, 0.1) is 0 Å². The fourth-order valence-corrected chi connectivity index (χ4v) is 5.00. The minimum Gasteiger partial charge on any atom is -0.462 e. The van der Waals surface area contributed by atoms with Gasteiger partial charge in [-0.15, -0.1) is 0 Å². The maximum absolute atomic E-state index is 12.5. The van der Waals surface area contributed by atoms with Crippen LogP contribution in [0.25, 0.3) is 0 Å². The first-order valence-electron chi connectivity index (χ1n) is 17.9. The second-order valence-electron chi connectivity index (χ2n) is 12.4. The van der Waals surface area contributed by atoms with Crippen LogP contribution in [0.5, 0.6) is 0 Å². The molecule has 0 rings (SSSR count). The summed E-state index contributed by atoms with van der Waals surface area (Å²) in [5, 5.41) is 0. The smallest absolute Gasteiger partial charge is 0.306 e. The highest BCUT2D eigenvalue weighted by molar-refractivity contribution is 5.71. The van der Waals surface area contributed by atoms with E-state index in [9.17, 15) is 14.4 Å². The van der Waals surface area contributed by atoms with Crippen molar-refractivity contribution in [3.63, 3.8) is 0 Å².